The van der Waals surface area contributed by atoms with Crippen molar-refractivity contribution in [3.8, 4) is 0 Å². The van der Waals surface area contributed by atoms with Gasteiger partial charge in [-0.2, -0.15) is 9.65 Å². The molecule has 0 unspecified atom stereocenters. The highest BCUT2D eigenvalue weighted by Crippen LogP contribution is 2.73. The molecule has 76 valence electrons. The summed E-state index contributed by atoms with van der Waals surface area (Å²) in [5.41, 5.74) is -2.99. The molecule has 0 heterocycles. The lowest BCUT2D eigenvalue weighted by Gasteiger charge is -2.34. The number of unbranched alkanes of at least 4 members (excludes halogenated alkanes) is 2. The molecule has 0 aromatic rings. The van der Waals surface area contributed by atoms with Crippen LogP contribution in [0.5, 0.6) is 0 Å². The van der Waals surface area contributed by atoms with Crippen LogP contribution in [0.2, 0.25) is 0 Å². The van der Waals surface area contributed by atoms with Crippen molar-refractivity contribution in [3.63, 3.8) is 0 Å². The summed E-state index contributed by atoms with van der Waals surface area (Å²) in [4.78, 5) is 18.7. The second-order valence-electron chi connectivity index (χ2n) is 3.38. The molecule has 2 N–H and O–H groups in total. The van der Waals surface area contributed by atoms with Gasteiger partial charge in [-0.25, -0.2) is 0 Å². The van der Waals surface area contributed by atoms with Gasteiger partial charge in [-0.3, -0.25) is 0 Å². The molecule has 0 aliphatic heterocycles. The first kappa shape index (κ1) is 12.9. The first-order valence-corrected chi connectivity index (χ1v) is 10.0. The summed E-state index contributed by atoms with van der Waals surface area (Å²) in [6.45, 7) is 2.14. The van der Waals surface area contributed by atoms with Crippen molar-refractivity contribution in [1.29, 1.82) is 0 Å². The Hall–Kier alpha value is 0.920. The van der Waals surface area contributed by atoms with Crippen molar-refractivity contribution in [1.82, 2.24) is 0 Å². The lowest BCUT2D eigenvalue weighted by atomic mass is 10.3. The van der Waals surface area contributed by atoms with Gasteiger partial charge in [0.1, 0.15) is 0 Å². The van der Waals surface area contributed by atoms with Crippen LogP contribution in [-0.2, 0) is 11.8 Å². The topological polar surface area (TPSA) is 40.5 Å². The highest BCUT2D eigenvalue weighted by atomic mass is 33.0. The summed E-state index contributed by atoms with van der Waals surface area (Å²) < 4.78 is 0. The third-order valence-corrected chi connectivity index (χ3v) is 12.5. The molecule has 0 amide bonds. The number of hydrogen-bond acceptors (Lipinski definition) is 1. The van der Waals surface area contributed by atoms with Gasteiger partial charge in [-0.05, 0) is 36.5 Å². The molecule has 0 radical (unpaired) electrons. The molecule has 0 saturated carbocycles. The van der Waals surface area contributed by atoms with Crippen LogP contribution in [-0.4, -0.2) is 28.1 Å². The van der Waals surface area contributed by atoms with Crippen LogP contribution >= 0.6 is 15.3 Å². The zero-order chi connectivity index (χ0) is 9.83. The van der Waals surface area contributed by atoms with Gasteiger partial charge < -0.3 is 9.79 Å². The third kappa shape index (κ3) is 4.24. The average molecular weight is 230 g/mol. The summed E-state index contributed by atoms with van der Waals surface area (Å²) in [6.07, 6.45) is 7.23. The molecule has 0 fully saturated rings. The van der Waals surface area contributed by atoms with Crippen molar-refractivity contribution in [2.24, 2.45) is 0 Å². The SMILES string of the molecule is CCCCCS(C)(C)P(O)(O)=S. The Kier molecular flexibility index (Phi) is 5.35. The monoisotopic (exact) mass is 230 g/mol. The van der Waals surface area contributed by atoms with E-state index < -0.39 is 15.3 Å². The van der Waals surface area contributed by atoms with Gasteiger partial charge in [-0.1, -0.05) is 19.8 Å². The van der Waals surface area contributed by atoms with Gasteiger partial charge in [0.05, 0.1) is 0 Å². The molecule has 5 heteroatoms. The van der Waals surface area contributed by atoms with Crippen molar-refractivity contribution in [3.05, 3.63) is 0 Å². The minimum absolute atomic E-state index is 0.894. The Morgan fingerprint density at radius 3 is 2.08 bits per heavy atom. The normalized spacial score (nSPS) is 14.8. The molecule has 0 bridgehead atoms. The van der Waals surface area contributed by atoms with Crippen molar-refractivity contribution in [2.45, 2.75) is 26.2 Å². The summed E-state index contributed by atoms with van der Waals surface area (Å²) in [6, 6.07) is 0. The maximum Gasteiger partial charge on any atom is 0.224 e. The largest absolute Gasteiger partial charge is 0.339 e. The molecule has 0 aromatic carbocycles. The van der Waals surface area contributed by atoms with Gasteiger partial charge in [0.25, 0.3) is 0 Å². The van der Waals surface area contributed by atoms with E-state index >= 15 is 0 Å². The number of hydrogen-bond donors (Lipinski definition) is 2. The fourth-order valence-corrected chi connectivity index (χ4v) is 3.74. The van der Waals surface area contributed by atoms with Crippen LogP contribution in [0.25, 0.3) is 0 Å². The number of rotatable bonds is 5. The molecule has 0 spiro atoms. The van der Waals surface area contributed by atoms with Crippen molar-refractivity contribution < 1.29 is 9.79 Å². The molecule has 0 saturated heterocycles. The summed E-state index contributed by atoms with van der Waals surface area (Å²) in [5, 5.41) is 0. The standard InChI is InChI=1S/C7H19O2PS2/c1-4-5-6-7-12(2,3)10(8,9)11/h4-7H2,1-3H3,(H2,8,9,11). The summed E-state index contributed by atoms with van der Waals surface area (Å²) in [5.74, 6) is 0.894. The Morgan fingerprint density at radius 2 is 1.75 bits per heavy atom. The van der Waals surface area contributed by atoms with Crippen LogP contribution in [0, 0.1) is 0 Å². The first-order valence-electron chi connectivity index (χ1n) is 4.08. The highest BCUT2D eigenvalue weighted by molar-refractivity contribution is 8.84. The van der Waals surface area contributed by atoms with Gasteiger partial charge in [-0.15, -0.1) is 0 Å². The molecule has 12 heavy (non-hydrogen) atoms. The Labute approximate surface area is 81.6 Å². The highest BCUT2D eigenvalue weighted by Gasteiger charge is 2.26. The van der Waals surface area contributed by atoms with Crippen molar-refractivity contribution in [2.75, 3.05) is 18.3 Å². The minimum atomic E-state index is -2.99. The van der Waals surface area contributed by atoms with E-state index in [0.29, 0.717) is 0 Å². The van der Waals surface area contributed by atoms with Crippen LogP contribution in [0.1, 0.15) is 26.2 Å². The van der Waals surface area contributed by atoms with Crippen LogP contribution < -0.4 is 0 Å². The van der Waals surface area contributed by atoms with E-state index in [9.17, 15) is 9.79 Å². The van der Waals surface area contributed by atoms with E-state index in [1.165, 1.54) is 0 Å². The molecule has 0 aliphatic carbocycles. The van der Waals surface area contributed by atoms with Crippen LogP contribution in [0.15, 0.2) is 0 Å². The molecular formula is C7H19O2PS2. The third-order valence-electron chi connectivity index (χ3n) is 1.89. The van der Waals surface area contributed by atoms with E-state index in [1.807, 2.05) is 12.5 Å². The first-order chi connectivity index (χ1) is 5.31. The molecule has 0 aromatic heterocycles. The minimum Gasteiger partial charge on any atom is -0.339 e. The summed E-state index contributed by atoms with van der Waals surface area (Å²) >= 11 is 4.73. The van der Waals surface area contributed by atoms with E-state index in [4.69, 9.17) is 11.8 Å². The average Bonchev–Trinajstić information content (AvgIpc) is 1.85. The van der Waals surface area contributed by atoms with Crippen LogP contribution in [0.4, 0.5) is 0 Å². The zero-order valence-electron chi connectivity index (χ0n) is 7.99. The molecule has 0 rings (SSSR count). The maximum atomic E-state index is 9.36. The fourth-order valence-electron chi connectivity index (χ4n) is 0.824. The van der Waals surface area contributed by atoms with Gasteiger partial charge in [0, 0.05) is 0 Å². The van der Waals surface area contributed by atoms with E-state index in [2.05, 4.69) is 6.92 Å². The molecular weight excluding hydrogens is 211 g/mol. The lowest BCUT2D eigenvalue weighted by molar-refractivity contribution is 0.500. The van der Waals surface area contributed by atoms with Gasteiger partial charge >= 0.3 is 0 Å². The Balaban J connectivity index is 3.97. The molecule has 0 atom stereocenters. The zero-order valence-corrected chi connectivity index (χ0v) is 10.5. The summed E-state index contributed by atoms with van der Waals surface area (Å²) in [7, 11) is -1.33. The predicted molar refractivity (Wildman–Crippen MR) is 62.6 cm³/mol. The van der Waals surface area contributed by atoms with Crippen molar-refractivity contribution >= 4 is 27.1 Å². The Morgan fingerprint density at radius 1 is 1.25 bits per heavy atom. The predicted octanol–water partition coefficient (Wildman–Crippen LogP) is 2.45. The molecule has 2 nitrogen and oxygen atoms in total. The van der Waals surface area contributed by atoms with E-state index in [0.717, 1.165) is 25.0 Å². The van der Waals surface area contributed by atoms with E-state index in [1.54, 1.807) is 0 Å². The lowest BCUT2D eigenvalue weighted by Crippen LogP contribution is -2.01. The second-order valence-corrected chi connectivity index (χ2v) is 14.4. The Bertz CT molecular complexity index is 176. The van der Waals surface area contributed by atoms with E-state index in [-0.39, 0.29) is 0 Å². The maximum absolute atomic E-state index is 9.36. The van der Waals surface area contributed by atoms with Crippen LogP contribution in [0.3, 0.4) is 0 Å². The van der Waals surface area contributed by atoms with Gasteiger partial charge in [0.15, 0.2) is 0 Å². The fraction of sp³-hybridized carbons (Fsp3) is 1.00. The smallest absolute Gasteiger partial charge is 0.224 e. The molecule has 0 aliphatic rings. The second kappa shape index (κ2) is 4.97. The van der Waals surface area contributed by atoms with Gasteiger partial charge in [0.2, 0.25) is 5.69 Å². The quantitative estimate of drug-likeness (QED) is 0.563.